The van der Waals surface area contributed by atoms with Crippen LogP contribution in [0.15, 0.2) is 18.2 Å². The van der Waals surface area contributed by atoms with E-state index in [1.165, 1.54) is 26.0 Å². The largest absolute Gasteiger partial charge is 0.381 e. The van der Waals surface area contributed by atoms with Gasteiger partial charge in [0.1, 0.15) is 11.4 Å². The molecule has 1 aromatic rings. The van der Waals surface area contributed by atoms with Gasteiger partial charge in [0, 0.05) is 25.6 Å². The van der Waals surface area contributed by atoms with Crippen molar-refractivity contribution in [2.45, 2.75) is 25.6 Å². The van der Waals surface area contributed by atoms with Crippen LogP contribution in [-0.4, -0.2) is 42.9 Å². The van der Waals surface area contributed by atoms with Crippen molar-refractivity contribution in [2.24, 2.45) is 5.92 Å². The van der Waals surface area contributed by atoms with E-state index in [9.17, 15) is 14.3 Å². The lowest BCUT2D eigenvalue weighted by molar-refractivity contribution is -0.136. The van der Waals surface area contributed by atoms with Gasteiger partial charge in [-0.15, -0.1) is 12.4 Å². The molecule has 136 valence electrons. The second-order valence-corrected chi connectivity index (χ2v) is 6.61. The van der Waals surface area contributed by atoms with E-state index in [1.807, 2.05) is 0 Å². The maximum atomic E-state index is 13.7. The van der Waals surface area contributed by atoms with E-state index in [1.54, 1.807) is 6.07 Å². The summed E-state index contributed by atoms with van der Waals surface area (Å²) in [7, 11) is 0. The van der Waals surface area contributed by atoms with Gasteiger partial charge >= 0.3 is 0 Å². The number of ether oxygens (including phenoxy) is 1. The molecule has 0 spiro atoms. The Morgan fingerprint density at radius 3 is 2.88 bits per heavy atom. The minimum atomic E-state index is -1.44. The van der Waals surface area contributed by atoms with Crippen molar-refractivity contribution < 1.29 is 19.0 Å². The van der Waals surface area contributed by atoms with Gasteiger partial charge < -0.3 is 20.5 Å². The Hall–Kier alpha value is -0.920. The number of nitrogens with one attached hydrogen (secondary N) is 2. The molecule has 1 heterocycles. The molecule has 2 rings (SSSR count). The van der Waals surface area contributed by atoms with Crippen LogP contribution in [0.25, 0.3) is 0 Å². The van der Waals surface area contributed by atoms with Crippen LogP contribution in [0.1, 0.15) is 25.5 Å². The van der Waals surface area contributed by atoms with E-state index in [0.717, 1.165) is 0 Å². The predicted octanol–water partition coefficient (Wildman–Crippen LogP) is 2.07. The molecule has 0 bridgehead atoms. The second-order valence-electron chi connectivity index (χ2n) is 6.20. The molecule has 0 saturated carbocycles. The van der Waals surface area contributed by atoms with Gasteiger partial charge in [0.2, 0.25) is 0 Å². The number of carbonyl (C=O) groups is 1. The molecule has 5 nitrogen and oxygen atoms in total. The van der Waals surface area contributed by atoms with E-state index in [2.05, 4.69) is 10.6 Å². The SMILES string of the molecule is CC(C)(O)C(=O)NC[C@@H]1CNCCO[C@H]1c1ccc(Cl)c(F)c1.Cl. The first-order valence-electron chi connectivity index (χ1n) is 7.57. The van der Waals surface area contributed by atoms with Gasteiger partial charge in [-0.25, -0.2) is 4.39 Å². The van der Waals surface area contributed by atoms with Gasteiger partial charge in [-0.05, 0) is 31.5 Å². The van der Waals surface area contributed by atoms with Gasteiger partial charge in [0.15, 0.2) is 0 Å². The van der Waals surface area contributed by atoms with Gasteiger partial charge in [0.05, 0.1) is 17.7 Å². The molecule has 0 radical (unpaired) electrons. The van der Waals surface area contributed by atoms with Crippen LogP contribution in [0.5, 0.6) is 0 Å². The Kier molecular flexibility index (Phi) is 7.89. The molecule has 1 saturated heterocycles. The van der Waals surface area contributed by atoms with Crippen molar-refractivity contribution in [2.75, 3.05) is 26.2 Å². The molecule has 8 heteroatoms. The van der Waals surface area contributed by atoms with E-state index in [0.29, 0.717) is 31.8 Å². The zero-order chi connectivity index (χ0) is 17.0. The van der Waals surface area contributed by atoms with Crippen LogP contribution >= 0.6 is 24.0 Å². The lowest BCUT2D eigenvalue weighted by atomic mass is 9.95. The van der Waals surface area contributed by atoms with Crippen molar-refractivity contribution in [1.82, 2.24) is 10.6 Å². The van der Waals surface area contributed by atoms with E-state index < -0.39 is 17.3 Å². The number of rotatable bonds is 4. The molecule has 1 aromatic carbocycles. The fourth-order valence-electron chi connectivity index (χ4n) is 2.47. The molecule has 0 aliphatic carbocycles. The molecule has 0 unspecified atom stereocenters. The van der Waals surface area contributed by atoms with Crippen molar-refractivity contribution >= 4 is 29.9 Å². The number of carbonyl (C=O) groups excluding carboxylic acids is 1. The van der Waals surface area contributed by atoms with E-state index in [4.69, 9.17) is 16.3 Å². The Labute approximate surface area is 152 Å². The quantitative estimate of drug-likeness (QED) is 0.747. The lowest BCUT2D eigenvalue weighted by Gasteiger charge is -2.27. The van der Waals surface area contributed by atoms with Gasteiger partial charge in [-0.2, -0.15) is 0 Å². The third kappa shape index (κ3) is 5.57. The fourth-order valence-corrected chi connectivity index (χ4v) is 2.58. The van der Waals surface area contributed by atoms with Crippen LogP contribution in [0.4, 0.5) is 4.39 Å². The Balaban J connectivity index is 0.00000288. The number of halogens is 3. The zero-order valence-electron chi connectivity index (χ0n) is 13.6. The van der Waals surface area contributed by atoms with Gasteiger partial charge in [0.25, 0.3) is 5.91 Å². The average molecular weight is 381 g/mol. The smallest absolute Gasteiger partial charge is 0.251 e. The van der Waals surface area contributed by atoms with Crippen molar-refractivity contribution in [3.8, 4) is 0 Å². The maximum Gasteiger partial charge on any atom is 0.251 e. The third-order valence-corrected chi connectivity index (χ3v) is 4.07. The summed E-state index contributed by atoms with van der Waals surface area (Å²) in [6.07, 6.45) is -0.362. The molecule has 1 aliphatic heterocycles. The first-order valence-corrected chi connectivity index (χ1v) is 7.95. The molecule has 1 aliphatic rings. The first-order chi connectivity index (χ1) is 10.8. The van der Waals surface area contributed by atoms with Crippen molar-refractivity contribution in [3.05, 3.63) is 34.6 Å². The standard InChI is InChI=1S/C16H22ClFN2O3.ClH/c1-16(2,22)15(21)20-9-11-8-19-5-6-23-14(11)10-3-4-12(17)13(18)7-10;/h3-4,7,11,14,19,22H,5-6,8-9H2,1-2H3,(H,20,21);1H/t11-,14-;/m0./s1. The summed E-state index contributed by atoms with van der Waals surface area (Å²) in [5.41, 5.74) is -0.765. The molecule has 24 heavy (non-hydrogen) atoms. The molecular weight excluding hydrogens is 358 g/mol. The minimum absolute atomic E-state index is 0. The Morgan fingerprint density at radius 1 is 1.54 bits per heavy atom. The topological polar surface area (TPSA) is 70.6 Å². The monoisotopic (exact) mass is 380 g/mol. The highest BCUT2D eigenvalue weighted by Crippen LogP contribution is 2.29. The van der Waals surface area contributed by atoms with Gasteiger partial charge in [-0.1, -0.05) is 17.7 Å². The maximum absolute atomic E-state index is 13.7. The lowest BCUT2D eigenvalue weighted by Crippen LogP contribution is -2.45. The van der Waals surface area contributed by atoms with Crippen molar-refractivity contribution in [1.29, 1.82) is 0 Å². The van der Waals surface area contributed by atoms with Gasteiger partial charge in [-0.3, -0.25) is 4.79 Å². The van der Waals surface area contributed by atoms with E-state index >= 15 is 0 Å². The summed E-state index contributed by atoms with van der Waals surface area (Å²) in [5, 5.41) is 15.7. The number of amides is 1. The van der Waals surface area contributed by atoms with Crippen LogP contribution in [0, 0.1) is 11.7 Å². The predicted molar refractivity (Wildman–Crippen MR) is 93.0 cm³/mol. The second kappa shape index (κ2) is 8.97. The molecule has 0 aromatic heterocycles. The summed E-state index contributed by atoms with van der Waals surface area (Å²) in [6.45, 7) is 4.95. The highest BCUT2D eigenvalue weighted by atomic mass is 35.5. The Bertz CT molecular complexity index is 567. The summed E-state index contributed by atoms with van der Waals surface area (Å²) in [4.78, 5) is 11.8. The van der Waals surface area contributed by atoms with Crippen LogP contribution in [-0.2, 0) is 9.53 Å². The zero-order valence-corrected chi connectivity index (χ0v) is 15.2. The highest BCUT2D eigenvalue weighted by molar-refractivity contribution is 6.30. The number of hydrogen-bond donors (Lipinski definition) is 3. The van der Waals surface area contributed by atoms with Crippen LogP contribution in [0.2, 0.25) is 5.02 Å². The summed E-state index contributed by atoms with van der Waals surface area (Å²) >= 11 is 5.73. The van der Waals surface area contributed by atoms with Crippen LogP contribution in [0.3, 0.4) is 0 Å². The normalized spacial score (nSPS) is 21.5. The summed E-state index contributed by atoms with van der Waals surface area (Å²) < 4.78 is 19.6. The van der Waals surface area contributed by atoms with Crippen molar-refractivity contribution in [3.63, 3.8) is 0 Å². The molecule has 2 atom stereocenters. The summed E-state index contributed by atoms with van der Waals surface area (Å²) in [6, 6.07) is 4.59. The first kappa shape index (κ1) is 21.1. The molecule has 3 N–H and O–H groups in total. The fraction of sp³-hybridized carbons (Fsp3) is 0.562. The van der Waals surface area contributed by atoms with E-state index in [-0.39, 0.29) is 29.5 Å². The summed E-state index contributed by atoms with van der Waals surface area (Å²) in [5.74, 6) is -1.04. The molecule has 1 fully saturated rings. The van der Waals surface area contributed by atoms with Crippen LogP contribution < -0.4 is 10.6 Å². The number of aliphatic hydroxyl groups is 1. The number of benzene rings is 1. The number of hydrogen-bond acceptors (Lipinski definition) is 4. The molecule has 1 amide bonds. The minimum Gasteiger partial charge on any atom is -0.381 e. The molecular formula is C16H23Cl2FN2O3. The highest BCUT2D eigenvalue weighted by Gasteiger charge is 2.29. The Morgan fingerprint density at radius 2 is 2.25 bits per heavy atom. The third-order valence-electron chi connectivity index (χ3n) is 3.76. The average Bonchev–Trinajstić information content (AvgIpc) is 2.72.